The lowest BCUT2D eigenvalue weighted by atomic mass is 10.2. The second-order valence-corrected chi connectivity index (χ2v) is 6.74. The lowest BCUT2D eigenvalue weighted by Crippen LogP contribution is -2.02. The molecule has 0 bridgehead atoms. The second kappa shape index (κ2) is 5.10. The van der Waals surface area contributed by atoms with E-state index in [4.69, 9.17) is 0 Å². The molecule has 0 amide bonds. The first-order valence-electron chi connectivity index (χ1n) is 7.28. The Kier molecular flexibility index (Phi) is 3.23. The minimum absolute atomic E-state index is 0.173. The summed E-state index contributed by atoms with van der Waals surface area (Å²) in [7, 11) is 0. The van der Waals surface area contributed by atoms with E-state index < -0.39 is 0 Å². The Morgan fingerprint density at radius 3 is 2.71 bits per heavy atom. The summed E-state index contributed by atoms with van der Waals surface area (Å²) >= 11 is 1.47. The minimum Gasteiger partial charge on any atom is -0.392 e. The second-order valence-electron chi connectivity index (χ2n) is 5.73. The van der Waals surface area contributed by atoms with Gasteiger partial charge in [0.05, 0.1) is 6.61 Å². The summed E-state index contributed by atoms with van der Waals surface area (Å²) < 4.78 is 15.5. The van der Waals surface area contributed by atoms with E-state index in [-0.39, 0.29) is 12.4 Å². The molecular weight excluding hydrogens is 289 g/mol. The molecule has 1 N–H and O–H groups in total. The van der Waals surface area contributed by atoms with E-state index in [2.05, 4.69) is 14.8 Å². The molecule has 1 heterocycles. The Balaban J connectivity index is 1.68. The number of aromatic nitrogens is 3. The maximum absolute atomic E-state index is 13.3. The van der Waals surface area contributed by atoms with Crippen molar-refractivity contribution in [3.05, 3.63) is 35.4 Å². The van der Waals surface area contributed by atoms with Crippen LogP contribution in [-0.2, 0) is 6.61 Å². The molecule has 2 aromatic rings. The molecule has 4 rings (SSSR count). The maximum Gasteiger partial charge on any atom is 0.196 e. The average molecular weight is 305 g/mol. The highest BCUT2D eigenvalue weighted by Gasteiger charge is 2.36. The standard InChI is InChI=1S/C15H16FN3OS/c16-11-3-6-13(10(7-11)8-20)21-15-18-17-14(9-1-2-9)19(15)12-4-5-12/h3,6-7,9,12,20H,1-2,4-5,8H2. The van der Waals surface area contributed by atoms with E-state index in [0.29, 0.717) is 17.5 Å². The van der Waals surface area contributed by atoms with Gasteiger partial charge in [0, 0.05) is 16.9 Å². The van der Waals surface area contributed by atoms with Crippen LogP contribution in [0, 0.1) is 5.82 Å². The largest absolute Gasteiger partial charge is 0.392 e. The highest BCUT2D eigenvalue weighted by atomic mass is 32.2. The van der Waals surface area contributed by atoms with Gasteiger partial charge in [0.1, 0.15) is 11.6 Å². The van der Waals surface area contributed by atoms with Gasteiger partial charge in [-0.25, -0.2) is 4.39 Å². The molecule has 2 aliphatic rings. The van der Waals surface area contributed by atoms with E-state index in [1.165, 1.54) is 49.6 Å². The zero-order valence-electron chi connectivity index (χ0n) is 11.5. The Bertz CT molecular complexity index is 680. The van der Waals surface area contributed by atoms with Crippen LogP contribution in [0.2, 0.25) is 0 Å². The van der Waals surface area contributed by atoms with E-state index in [1.807, 2.05) is 0 Å². The fourth-order valence-electron chi connectivity index (χ4n) is 2.52. The van der Waals surface area contributed by atoms with Crippen molar-refractivity contribution in [3.63, 3.8) is 0 Å². The fraction of sp³-hybridized carbons (Fsp3) is 0.467. The molecule has 2 fully saturated rings. The lowest BCUT2D eigenvalue weighted by Gasteiger charge is -2.10. The molecule has 0 aliphatic heterocycles. The number of rotatable bonds is 5. The molecule has 1 aromatic carbocycles. The topological polar surface area (TPSA) is 50.9 Å². The molecular formula is C15H16FN3OS. The predicted octanol–water partition coefficient (Wildman–Crippen LogP) is 3.27. The number of aliphatic hydroxyl groups is 1. The smallest absolute Gasteiger partial charge is 0.196 e. The molecule has 2 saturated carbocycles. The van der Waals surface area contributed by atoms with Crippen LogP contribution in [-0.4, -0.2) is 19.9 Å². The number of hydrogen-bond donors (Lipinski definition) is 1. The van der Waals surface area contributed by atoms with E-state index >= 15 is 0 Å². The maximum atomic E-state index is 13.3. The van der Waals surface area contributed by atoms with Gasteiger partial charge in [-0.05, 0) is 61.2 Å². The van der Waals surface area contributed by atoms with Crippen molar-refractivity contribution in [1.29, 1.82) is 0 Å². The van der Waals surface area contributed by atoms with Crippen molar-refractivity contribution in [2.24, 2.45) is 0 Å². The molecule has 2 aliphatic carbocycles. The number of nitrogens with zero attached hydrogens (tertiary/aromatic N) is 3. The van der Waals surface area contributed by atoms with Gasteiger partial charge in [-0.2, -0.15) is 0 Å². The quantitative estimate of drug-likeness (QED) is 0.921. The molecule has 21 heavy (non-hydrogen) atoms. The highest BCUT2D eigenvalue weighted by Crippen LogP contribution is 2.46. The summed E-state index contributed by atoms with van der Waals surface area (Å²) in [5, 5.41) is 19.0. The monoisotopic (exact) mass is 305 g/mol. The van der Waals surface area contributed by atoms with Gasteiger partial charge in [-0.3, -0.25) is 0 Å². The summed E-state index contributed by atoms with van der Waals surface area (Å²) in [4.78, 5) is 0.843. The summed E-state index contributed by atoms with van der Waals surface area (Å²) in [6.07, 6.45) is 4.77. The Morgan fingerprint density at radius 1 is 1.24 bits per heavy atom. The van der Waals surface area contributed by atoms with Crippen LogP contribution in [0.15, 0.2) is 28.3 Å². The summed E-state index contributed by atoms with van der Waals surface area (Å²) in [6.45, 7) is -0.173. The number of benzene rings is 1. The van der Waals surface area contributed by atoms with Gasteiger partial charge in [-0.1, -0.05) is 0 Å². The lowest BCUT2D eigenvalue weighted by molar-refractivity contribution is 0.278. The first-order chi connectivity index (χ1) is 10.3. The fourth-order valence-corrected chi connectivity index (χ4v) is 3.53. The number of aliphatic hydroxyl groups excluding tert-OH is 1. The van der Waals surface area contributed by atoms with Crippen molar-refractivity contribution in [3.8, 4) is 0 Å². The van der Waals surface area contributed by atoms with Crippen molar-refractivity contribution < 1.29 is 9.50 Å². The highest BCUT2D eigenvalue weighted by molar-refractivity contribution is 7.99. The number of halogens is 1. The van der Waals surface area contributed by atoms with Crippen molar-refractivity contribution in [1.82, 2.24) is 14.8 Å². The van der Waals surface area contributed by atoms with Gasteiger partial charge < -0.3 is 9.67 Å². The summed E-state index contributed by atoms with van der Waals surface area (Å²) in [5.41, 5.74) is 0.596. The van der Waals surface area contributed by atoms with E-state index in [9.17, 15) is 9.50 Å². The van der Waals surface area contributed by atoms with Crippen LogP contribution in [0.5, 0.6) is 0 Å². The first-order valence-corrected chi connectivity index (χ1v) is 8.10. The molecule has 0 saturated heterocycles. The average Bonchev–Trinajstić information content (AvgIpc) is 3.40. The van der Waals surface area contributed by atoms with Gasteiger partial charge in [0.2, 0.25) is 0 Å². The Morgan fingerprint density at radius 2 is 2.05 bits per heavy atom. The SMILES string of the molecule is OCc1cc(F)ccc1Sc1nnc(C2CC2)n1C1CC1. The predicted molar refractivity (Wildman–Crippen MR) is 76.7 cm³/mol. The van der Waals surface area contributed by atoms with Gasteiger partial charge in [0.25, 0.3) is 0 Å². The molecule has 4 nitrogen and oxygen atoms in total. The zero-order valence-corrected chi connectivity index (χ0v) is 12.3. The van der Waals surface area contributed by atoms with Crippen LogP contribution >= 0.6 is 11.8 Å². The Labute approximate surface area is 126 Å². The van der Waals surface area contributed by atoms with Crippen molar-refractivity contribution >= 4 is 11.8 Å². The molecule has 6 heteroatoms. The third kappa shape index (κ3) is 2.58. The van der Waals surface area contributed by atoms with Crippen LogP contribution in [0.3, 0.4) is 0 Å². The first kappa shape index (κ1) is 13.3. The van der Waals surface area contributed by atoms with Crippen LogP contribution in [0.25, 0.3) is 0 Å². The van der Waals surface area contributed by atoms with Crippen molar-refractivity contribution in [2.75, 3.05) is 0 Å². The minimum atomic E-state index is -0.328. The molecule has 0 radical (unpaired) electrons. The third-order valence-corrected chi connectivity index (χ3v) is 5.02. The van der Waals surface area contributed by atoms with Crippen LogP contribution in [0.4, 0.5) is 4.39 Å². The van der Waals surface area contributed by atoms with Gasteiger partial charge in [0.15, 0.2) is 5.16 Å². The molecule has 0 spiro atoms. The van der Waals surface area contributed by atoms with Crippen LogP contribution in [0.1, 0.15) is 49.0 Å². The normalized spacial score (nSPS) is 18.2. The molecule has 0 unspecified atom stereocenters. The zero-order chi connectivity index (χ0) is 14.4. The van der Waals surface area contributed by atoms with Crippen LogP contribution < -0.4 is 0 Å². The summed E-state index contributed by atoms with van der Waals surface area (Å²) in [6, 6.07) is 5.02. The molecule has 110 valence electrons. The van der Waals surface area contributed by atoms with Crippen molar-refractivity contribution in [2.45, 2.75) is 54.3 Å². The van der Waals surface area contributed by atoms with E-state index in [0.717, 1.165) is 15.9 Å². The Hall–Kier alpha value is -1.40. The molecule has 1 aromatic heterocycles. The van der Waals surface area contributed by atoms with E-state index in [1.54, 1.807) is 6.07 Å². The number of hydrogen-bond acceptors (Lipinski definition) is 4. The molecule has 0 atom stereocenters. The van der Waals surface area contributed by atoms with Gasteiger partial charge in [-0.15, -0.1) is 10.2 Å². The summed E-state index contributed by atoms with van der Waals surface area (Å²) in [5.74, 6) is 1.34. The third-order valence-electron chi connectivity index (χ3n) is 3.94. The van der Waals surface area contributed by atoms with Gasteiger partial charge >= 0.3 is 0 Å².